The van der Waals surface area contributed by atoms with E-state index in [2.05, 4.69) is 10.4 Å². The minimum atomic E-state index is -0.559. The Balaban J connectivity index is 2.04. The summed E-state index contributed by atoms with van der Waals surface area (Å²) in [6.45, 7) is 3.65. The lowest BCUT2D eigenvalue weighted by Gasteiger charge is -2.14. The predicted molar refractivity (Wildman–Crippen MR) is 94.2 cm³/mol. The highest BCUT2D eigenvalue weighted by Crippen LogP contribution is 2.13. The van der Waals surface area contributed by atoms with Crippen LogP contribution in [0.15, 0.2) is 29.1 Å². The molecule has 0 fully saturated rings. The molecule has 0 atom stereocenters. The van der Waals surface area contributed by atoms with Gasteiger partial charge in [-0.2, -0.15) is 5.10 Å². The van der Waals surface area contributed by atoms with E-state index < -0.39 is 5.97 Å². The van der Waals surface area contributed by atoms with Gasteiger partial charge in [0.15, 0.2) is 6.61 Å². The molecule has 0 saturated carbocycles. The summed E-state index contributed by atoms with van der Waals surface area (Å²) in [5.41, 5.74) is 0.223. The SMILES string of the molecule is CCC(CC)NC(=O)COC(=O)Cc1nn(C)c(=O)c2ccccc12. The quantitative estimate of drug-likeness (QED) is 0.765. The van der Waals surface area contributed by atoms with E-state index in [-0.39, 0.29) is 30.5 Å². The van der Waals surface area contributed by atoms with Crippen LogP contribution in [0.25, 0.3) is 10.8 Å². The van der Waals surface area contributed by atoms with Gasteiger partial charge < -0.3 is 10.1 Å². The normalized spacial score (nSPS) is 10.9. The predicted octanol–water partition coefficient (Wildman–Crippen LogP) is 1.32. The van der Waals surface area contributed by atoms with Crippen molar-refractivity contribution >= 4 is 22.6 Å². The monoisotopic (exact) mass is 345 g/mol. The molecule has 2 rings (SSSR count). The van der Waals surface area contributed by atoms with Crippen molar-refractivity contribution in [3.05, 3.63) is 40.3 Å². The average molecular weight is 345 g/mol. The molecule has 1 heterocycles. The molecular formula is C18H23N3O4. The summed E-state index contributed by atoms with van der Waals surface area (Å²) < 4.78 is 6.24. The molecule has 0 aliphatic carbocycles. The summed E-state index contributed by atoms with van der Waals surface area (Å²) in [6, 6.07) is 7.05. The second kappa shape index (κ2) is 8.41. The molecule has 1 amide bonds. The van der Waals surface area contributed by atoms with Crippen LogP contribution in [-0.2, 0) is 27.8 Å². The van der Waals surface area contributed by atoms with Crippen LogP contribution >= 0.6 is 0 Å². The lowest BCUT2D eigenvalue weighted by Crippen LogP contribution is -2.37. The smallest absolute Gasteiger partial charge is 0.312 e. The first-order chi connectivity index (χ1) is 12.0. The molecule has 7 nitrogen and oxygen atoms in total. The van der Waals surface area contributed by atoms with Crippen molar-refractivity contribution in [2.45, 2.75) is 39.2 Å². The van der Waals surface area contributed by atoms with Crippen molar-refractivity contribution in [3.63, 3.8) is 0 Å². The maximum atomic E-state index is 12.1. The zero-order valence-corrected chi connectivity index (χ0v) is 14.7. The summed E-state index contributed by atoms with van der Waals surface area (Å²) >= 11 is 0. The zero-order valence-electron chi connectivity index (χ0n) is 14.7. The molecule has 1 aromatic heterocycles. The third kappa shape index (κ3) is 4.65. The van der Waals surface area contributed by atoms with Crippen LogP contribution in [0.4, 0.5) is 0 Å². The first-order valence-corrected chi connectivity index (χ1v) is 8.36. The van der Waals surface area contributed by atoms with Gasteiger partial charge in [-0.25, -0.2) is 4.68 Å². The number of rotatable bonds is 7. The first kappa shape index (κ1) is 18.6. The summed E-state index contributed by atoms with van der Waals surface area (Å²) in [5, 5.41) is 8.06. The fraction of sp³-hybridized carbons (Fsp3) is 0.444. The van der Waals surface area contributed by atoms with Crippen molar-refractivity contribution in [1.29, 1.82) is 0 Å². The Bertz CT molecular complexity index is 825. The molecule has 0 radical (unpaired) electrons. The third-order valence-electron chi connectivity index (χ3n) is 4.06. The highest BCUT2D eigenvalue weighted by molar-refractivity contribution is 5.87. The van der Waals surface area contributed by atoms with Crippen LogP contribution < -0.4 is 10.9 Å². The number of carbonyl (C=O) groups excluding carboxylic acids is 2. The number of fused-ring (bicyclic) bond motifs is 1. The molecule has 0 bridgehead atoms. The number of aromatic nitrogens is 2. The number of benzene rings is 1. The minimum absolute atomic E-state index is 0.0838. The van der Waals surface area contributed by atoms with Gasteiger partial charge in [-0.05, 0) is 18.9 Å². The van der Waals surface area contributed by atoms with E-state index >= 15 is 0 Å². The lowest BCUT2D eigenvalue weighted by atomic mass is 10.1. The van der Waals surface area contributed by atoms with Gasteiger partial charge in [0, 0.05) is 18.5 Å². The number of amides is 1. The highest BCUT2D eigenvalue weighted by Gasteiger charge is 2.15. The van der Waals surface area contributed by atoms with E-state index in [1.807, 2.05) is 13.8 Å². The molecular weight excluding hydrogens is 322 g/mol. The standard InChI is InChI=1S/C18H23N3O4/c1-4-12(5-2)19-16(22)11-25-17(23)10-15-13-8-6-7-9-14(13)18(24)21(3)20-15/h6-9,12H,4-5,10-11H2,1-3H3,(H,19,22). The summed E-state index contributed by atoms with van der Waals surface area (Å²) in [5.74, 6) is -0.878. The van der Waals surface area contributed by atoms with Crippen molar-refractivity contribution in [1.82, 2.24) is 15.1 Å². The molecule has 1 aromatic carbocycles. The Kier molecular flexibility index (Phi) is 6.27. The molecule has 0 unspecified atom stereocenters. The number of nitrogens with one attached hydrogen (secondary N) is 1. The molecule has 25 heavy (non-hydrogen) atoms. The largest absolute Gasteiger partial charge is 0.455 e. The molecule has 0 saturated heterocycles. The van der Waals surface area contributed by atoms with Gasteiger partial charge in [0.25, 0.3) is 11.5 Å². The molecule has 7 heteroatoms. The Morgan fingerprint density at radius 3 is 2.48 bits per heavy atom. The molecule has 1 N–H and O–H groups in total. The van der Waals surface area contributed by atoms with Crippen LogP contribution in [-0.4, -0.2) is 34.3 Å². The number of hydrogen-bond donors (Lipinski definition) is 1. The molecule has 2 aromatic rings. The van der Waals surface area contributed by atoms with Crippen molar-refractivity contribution in [2.75, 3.05) is 6.61 Å². The zero-order chi connectivity index (χ0) is 18.4. The number of hydrogen-bond acceptors (Lipinski definition) is 5. The topological polar surface area (TPSA) is 90.3 Å². The van der Waals surface area contributed by atoms with Crippen LogP contribution in [0.2, 0.25) is 0 Å². The van der Waals surface area contributed by atoms with Gasteiger partial charge in [0.2, 0.25) is 0 Å². The van der Waals surface area contributed by atoms with Gasteiger partial charge in [-0.1, -0.05) is 32.0 Å². The Morgan fingerprint density at radius 1 is 1.20 bits per heavy atom. The maximum absolute atomic E-state index is 12.1. The molecule has 0 aliphatic rings. The average Bonchev–Trinajstić information content (AvgIpc) is 2.62. The van der Waals surface area contributed by atoms with Crippen LogP contribution in [0, 0.1) is 0 Å². The van der Waals surface area contributed by atoms with Gasteiger partial charge >= 0.3 is 5.97 Å². The Labute approximate surface area is 146 Å². The highest BCUT2D eigenvalue weighted by atomic mass is 16.5. The number of carbonyl (C=O) groups is 2. The number of esters is 1. The van der Waals surface area contributed by atoms with Crippen LogP contribution in [0.3, 0.4) is 0 Å². The first-order valence-electron chi connectivity index (χ1n) is 8.36. The van der Waals surface area contributed by atoms with E-state index in [4.69, 9.17) is 4.74 Å². The van der Waals surface area contributed by atoms with Crippen molar-refractivity contribution < 1.29 is 14.3 Å². The van der Waals surface area contributed by atoms with Crippen molar-refractivity contribution in [2.24, 2.45) is 7.05 Å². The maximum Gasteiger partial charge on any atom is 0.312 e. The summed E-state index contributed by atoms with van der Waals surface area (Å²) in [7, 11) is 1.53. The lowest BCUT2D eigenvalue weighted by molar-refractivity contribution is -0.148. The van der Waals surface area contributed by atoms with Gasteiger partial charge in [0.05, 0.1) is 17.5 Å². The number of nitrogens with zero attached hydrogens (tertiary/aromatic N) is 2. The van der Waals surface area contributed by atoms with Gasteiger partial charge in [-0.3, -0.25) is 14.4 Å². The second-order valence-electron chi connectivity index (χ2n) is 5.84. The number of aryl methyl sites for hydroxylation is 1. The fourth-order valence-corrected chi connectivity index (χ4v) is 2.60. The molecule has 0 aliphatic heterocycles. The van der Waals surface area contributed by atoms with E-state index in [0.29, 0.717) is 16.5 Å². The van der Waals surface area contributed by atoms with E-state index in [1.165, 1.54) is 11.7 Å². The summed E-state index contributed by atoms with van der Waals surface area (Å²) in [4.78, 5) is 35.9. The van der Waals surface area contributed by atoms with E-state index in [9.17, 15) is 14.4 Å². The molecule has 0 spiro atoms. The summed E-state index contributed by atoms with van der Waals surface area (Å²) in [6.07, 6.45) is 1.54. The van der Waals surface area contributed by atoms with Gasteiger partial charge in [0.1, 0.15) is 0 Å². The molecule has 134 valence electrons. The minimum Gasteiger partial charge on any atom is -0.455 e. The fourth-order valence-electron chi connectivity index (χ4n) is 2.60. The van der Waals surface area contributed by atoms with Crippen LogP contribution in [0.1, 0.15) is 32.4 Å². The van der Waals surface area contributed by atoms with E-state index in [0.717, 1.165) is 12.8 Å². The Hall–Kier alpha value is -2.70. The van der Waals surface area contributed by atoms with E-state index in [1.54, 1.807) is 24.3 Å². The van der Waals surface area contributed by atoms with Crippen molar-refractivity contribution in [3.8, 4) is 0 Å². The second-order valence-corrected chi connectivity index (χ2v) is 5.84. The van der Waals surface area contributed by atoms with Gasteiger partial charge in [-0.15, -0.1) is 0 Å². The third-order valence-corrected chi connectivity index (χ3v) is 4.06. The number of ether oxygens (including phenoxy) is 1. The van der Waals surface area contributed by atoms with Crippen LogP contribution in [0.5, 0.6) is 0 Å². The Morgan fingerprint density at radius 2 is 1.84 bits per heavy atom.